The summed E-state index contributed by atoms with van der Waals surface area (Å²) in [7, 11) is 1.42. The van der Waals surface area contributed by atoms with Crippen LogP contribution in [0.3, 0.4) is 0 Å². The second-order valence-electron chi connectivity index (χ2n) is 7.84. The molecule has 184 valence electrons. The molecular weight excluding hydrogens is 492 g/mol. The van der Waals surface area contributed by atoms with Gasteiger partial charge in [-0.05, 0) is 36.4 Å². The summed E-state index contributed by atoms with van der Waals surface area (Å²) in [5.41, 5.74) is 2.11. The van der Waals surface area contributed by atoms with Crippen LogP contribution in [0.4, 0.5) is 11.4 Å². The molecule has 5 aromatic rings. The minimum absolute atomic E-state index is 0.0424. The molecule has 1 N–H and O–H groups in total. The molecule has 10 nitrogen and oxygen atoms in total. The van der Waals surface area contributed by atoms with E-state index in [0.717, 1.165) is 16.6 Å². The fourth-order valence-electron chi connectivity index (χ4n) is 3.74. The Labute approximate surface area is 215 Å². The molecule has 0 saturated heterocycles. The number of thioether (sulfide) groups is 1. The van der Waals surface area contributed by atoms with Crippen LogP contribution in [0.5, 0.6) is 5.75 Å². The van der Waals surface area contributed by atoms with Crippen molar-refractivity contribution in [3.63, 3.8) is 0 Å². The Morgan fingerprint density at radius 2 is 1.81 bits per heavy atom. The third-order valence-corrected chi connectivity index (χ3v) is 6.41. The van der Waals surface area contributed by atoms with Gasteiger partial charge in [-0.1, -0.05) is 54.2 Å². The average molecular weight is 513 g/mol. The van der Waals surface area contributed by atoms with Gasteiger partial charge in [0.1, 0.15) is 17.1 Å². The third kappa shape index (κ3) is 5.11. The lowest BCUT2D eigenvalue weighted by molar-refractivity contribution is -0.384. The number of fused-ring (bicyclic) bond motifs is 1. The number of aromatic nitrogens is 4. The van der Waals surface area contributed by atoms with Crippen LogP contribution in [0.15, 0.2) is 90.1 Å². The third-order valence-electron chi connectivity index (χ3n) is 5.48. The number of methoxy groups -OCH3 is 1. The minimum atomic E-state index is -0.569. The first-order valence-electron chi connectivity index (χ1n) is 11.2. The van der Waals surface area contributed by atoms with Crippen LogP contribution < -0.4 is 10.1 Å². The second-order valence-corrected chi connectivity index (χ2v) is 8.79. The van der Waals surface area contributed by atoms with Gasteiger partial charge in [-0.2, -0.15) is 0 Å². The molecule has 0 aliphatic rings. The van der Waals surface area contributed by atoms with Crippen molar-refractivity contribution in [3.8, 4) is 23.0 Å². The molecule has 0 spiro atoms. The molecular formula is C26H20N6O4S. The molecule has 3 aromatic carbocycles. The predicted octanol–water partition coefficient (Wildman–Crippen LogP) is 5.13. The number of carbonyl (C=O) groups is 1. The van der Waals surface area contributed by atoms with Crippen LogP contribution in [-0.4, -0.2) is 43.4 Å². The maximum absolute atomic E-state index is 12.7. The quantitative estimate of drug-likeness (QED) is 0.172. The van der Waals surface area contributed by atoms with Gasteiger partial charge in [-0.3, -0.25) is 19.5 Å². The van der Waals surface area contributed by atoms with Crippen LogP contribution >= 0.6 is 11.8 Å². The maximum atomic E-state index is 12.7. The molecule has 2 aromatic heterocycles. The molecule has 0 unspecified atom stereocenters. The summed E-state index contributed by atoms with van der Waals surface area (Å²) in [6.45, 7) is 0. The molecule has 0 atom stereocenters. The van der Waals surface area contributed by atoms with Gasteiger partial charge in [0.2, 0.25) is 5.91 Å². The van der Waals surface area contributed by atoms with Crippen LogP contribution in [0.25, 0.3) is 28.1 Å². The van der Waals surface area contributed by atoms with Crippen molar-refractivity contribution in [3.05, 3.63) is 95.0 Å². The van der Waals surface area contributed by atoms with E-state index in [1.807, 2.05) is 71.3 Å². The van der Waals surface area contributed by atoms with E-state index < -0.39 is 10.8 Å². The van der Waals surface area contributed by atoms with Gasteiger partial charge < -0.3 is 10.1 Å². The second kappa shape index (κ2) is 10.5. The molecule has 11 heteroatoms. The zero-order valence-corrected chi connectivity index (χ0v) is 20.4. The minimum Gasteiger partial charge on any atom is -0.496 e. The normalized spacial score (nSPS) is 10.8. The zero-order chi connectivity index (χ0) is 25.8. The highest BCUT2D eigenvalue weighted by Gasteiger charge is 2.20. The number of carbonyl (C=O) groups excluding carboxylic acids is 1. The number of para-hydroxylation sites is 2. The van der Waals surface area contributed by atoms with Crippen molar-refractivity contribution in [2.45, 2.75) is 5.16 Å². The van der Waals surface area contributed by atoms with Crippen LogP contribution in [0.2, 0.25) is 0 Å². The number of rotatable bonds is 8. The van der Waals surface area contributed by atoms with Gasteiger partial charge in [-0.25, -0.2) is 4.98 Å². The Bertz CT molecular complexity index is 1610. The standard InChI is InChI=1S/C26H20N6O4S/c1-36-19-12-14-21(23(15-19)32(34)35)28-24(33)16-37-26-30-29-25(31(26)18-8-3-2-4-9-18)22-13-11-17-7-5-6-10-20(17)27-22/h2-15H,16H2,1H3,(H,28,33). The highest BCUT2D eigenvalue weighted by molar-refractivity contribution is 7.99. The van der Waals surface area contributed by atoms with Crippen molar-refractivity contribution < 1.29 is 14.5 Å². The first-order valence-corrected chi connectivity index (χ1v) is 12.1. The number of nitro benzene ring substituents is 1. The van der Waals surface area contributed by atoms with E-state index in [0.29, 0.717) is 22.4 Å². The van der Waals surface area contributed by atoms with E-state index in [-0.39, 0.29) is 17.1 Å². The Balaban J connectivity index is 1.42. The van der Waals surface area contributed by atoms with Crippen molar-refractivity contribution in [2.75, 3.05) is 18.2 Å². The largest absolute Gasteiger partial charge is 0.496 e. The topological polar surface area (TPSA) is 125 Å². The number of nitro groups is 1. The van der Waals surface area contributed by atoms with Crippen molar-refractivity contribution in [2.24, 2.45) is 0 Å². The zero-order valence-electron chi connectivity index (χ0n) is 19.6. The van der Waals surface area contributed by atoms with Gasteiger partial charge in [0, 0.05) is 11.1 Å². The summed E-state index contributed by atoms with van der Waals surface area (Å²) >= 11 is 1.17. The molecule has 0 radical (unpaired) electrons. The van der Waals surface area contributed by atoms with E-state index in [9.17, 15) is 14.9 Å². The number of hydrogen-bond donors (Lipinski definition) is 1. The number of amides is 1. The Morgan fingerprint density at radius 1 is 1.03 bits per heavy atom. The van der Waals surface area contributed by atoms with Crippen LogP contribution in [0.1, 0.15) is 0 Å². The number of nitrogens with zero attached hydrogens (tertiary/aromatic N) is 5. The molecule has 0 aliphatic carbocycles. The molecule has 0 fully saturated rings. The van der Waals surface area contributed by atoms with Crippen molar-refractivity contribution in [1.82, 2.24) is 19.7 Å². The van der Waals surface area contributed by atoms with E-state index >= 15 is 0 Å². The van der Waals surface area contributed by atoms with E-state index in [1.165, 1.54) is 31.0 Å². The van der Waals surface area contributed by atoms with Gasteiger partial charge in [0.15, 0.2) is 11.0 Å². The summed E-state index contributed by atoms with van der Waals surface area (Å²) in [5.74, 6) is 0.390. The van der Waals surface area contributed by atoms with Crippen molar-refractivity contribution >= 4 is 39.9 Å². The number of anilines is 1. The first-order chi connectivity index (χ1) is 18.0. The molecule has 37 heavy (non-hydrogen) atoms. The highest BCUT2D eigenvalue weighted by atomic mass is 32.2. The summed E-state index contributed by atoms with van der Waals surface area (Å²) in [4.78, 5) is 28.3. The Hall–Kier alpha value is -4.77. The average Bonchev–Trinajstić information content (AvgIpc) is 3.36. The molecule has 0 aliphatic heterocycles. The summed E-state index contributed by atoms with van der Waals surface area (Å²) in [6, 6.07) is 25.4. The fourth-order valence-corrected chi connectivity index (χ4v) is 4.49. The van der Waals surface area contributed by atoms with Gasteiger partial charge in [-0.15, -0.1) is 10.2 Å². The summed E-state index contributed by atoms with van der Waals surface area (Å²) in [5, 5.41) is 24.2. The van der Waals surface area contributed by atoms with E-state index in [1.54, 1.807) is 6.07 Å². The van der Waals surface area contributed by atoms with E-state index in [2.05, 4.69) is 15.5 Å². The van der Waals surface area contributed by atoms with Gasteiger partial charge >= 0.3 is 0 Å². The number of pyridine rings is 1. The number of benzene rings is 3. The van der Waals surface area contributed by atoms with Gasteiger partial charge in [0.25, 0.3) is 5.69 Å². The monoisotopic (exact) mass is 512 g/mol. The van der Waals surface area contributed by atoms with Crippen LogP contribution in [-0.2, 0) is 4.79 Å². The predicted molar refractivity (Wildman–Crippen MR) is 141 cm³/mol. The maximum Gasteiger partial charge on any atom is 0.296 e. The number of nitrogens with one attached hydrogen (secondary N) is 1. The SMILES string of the molecule is COc1ccc(NC(=O)CSc2nnc(-c3ccc4ccccc4n3)n2-c2ccccc2)c([N+](=O)[O-])c1. The lowest BCUT2D eigenvalue weighted by Gasteiger charge is -2.11. The Kier molecular flexibility index (Phi) is 6.77. The lowest BCUT2D eigenvalue weighted by atomic mass is 10.2. The number of hydrogen-bond acceptors (Lipinski definition) is 8. The lowest BCUT2D eigenvalue weighted by Crippen LogP contribution is -2.15. The smallest absolute Gasteiger partial charge is 0.296 e. The fraction of sp³-hybridized carbons (Fsp3) is 0.0769. The van der Waals surface area contributed by atoms with Crippen molar-refractivity contribution in [1.29, 1.82) is 0 Å². The van der Waals surface area contributed by atoms with Gasteiger partial charge in [0.05, 0.1) is 29.4 Å². The summed E-state index contributed by atoms with van der Waals surface area (Å²) in [6.07, 6.45) is 0. The molecule has 0 saturated carbocycles. The number of ether oxygens (including phenoxy) is 1. The highest BCUT2D eigenvalue weighted by Crippen LogP contribution is 2.31. The molecule has 2 heterocycles. The molecule has 0 bridgehead atoms. The van der Waals surface area contributed by atoms with Crippen LogP contribution in [0, 0.1) is 10.1 Å². The Morgan fingerprint density at radius 3 is 2.59 bits per heavy atom. The first kappa shape index (κ1) is 23.9. The summed E-state index contributed by atoms with van der Waals surface area (Å²) < 4.78 is 6.88. The molecule has 5 rings (SSSR count). The van der Waals surface area contributed by atoms with E-state index in [4.69, 9.17) is 9.72 Å². The molecule has 1 amide bonds.